The van der Waals surface area contributed by atoms with Gasteiger partial charge in [0.1, 0.15) is 5.69 Å². The third-order valence-corrected chi connectivity index (χ3v) is 3.78. The minimum absolute atomic E-state index is 0.220. The van der Waals surface area contributed by atoms with Gasteiger partial charge >= 0.3 is 0 Å². The van der Waals surface area contributed by atoms with Crippen molar-refractivity contribution in [3.63, 3.8) is 0 Å². The maximum Gasteiger partial charge on any atom is 0.270 e. The van der Waals surface area contributed by atoms with E-state index in [9.17, 15) is 4.79 Å². The Labute approximate surface area is 144 Å². The smallest absolute Gasteiger partial charge is 0.270 e. The third kappa shape index (κ3) is 3.36. The second-order valence-electron chi connectivity index (χ2n) is 5.04. The number of para-hydroxylation sites is 1. The van der Waals surface area contributed by atoms with Crippen LogP contribution in [0.25, 0.3) is 5.69 Å². The summed E-state index contributed by atoms with van der Waals surface area (Å²) < 4.78 is 7.19. The van der Waals surface area contributed by atoms with Crippen molar-refractivity contribution in [2.45, 2.75) is 6.54 Å². The molecule has 3 aromatic rings. The first-order chi connectivity index (χ1) is 11.7. The van der Waals surface area contributed by atoms with E-state index < -0.39 is 0 Å². The number of carbonyl (C=O) groups excluding carboxylic acids is 1. The zero-order valence-corrected chi connectivity index (χ0v) is 13.8. The van der Waals surface area contributed by atoms with Gasteiger partial charge in [-0.1, -0.05) is 24.3 Å². The van der Waals surface area contributed by atoms with Gasteiger partial charge in [0.15, 0.2) is 4.77 Å². The highest BCUT2D eigenvalue weighted by atomic mass is 32.1. The second kappa shape index (κ2) is 7.10. The van der Waals surface area contributed by atoms with Gasteiger partial charge < -0.3 is 15.0 Å². The number of carbonyl (C=O) groups is 1. The summed E-state index contributed by atoms with van der Waals surface area (Å²) in [5.41, 5.74) is 2.16. The number of methoxy groups -OCH3 is 1. The van der Waals surface area contributed by atoms with Crippen LogP contribution in [0, 0.1) is 4.77 Å². The van der Waals surface area contributed by atoms with Crippen molar-refractivity contribution >= 4 is 18.1 Å². The minimum atomic E-state index is -0.220. The first-order valence-electron chi connectivity index (χ1n) is 7.32. The van der Waals surface area contributed by atoms with E-state index in [1.807, 2.05) is 36.4 Å². The number of hydrogen-bond acceptors (Lipinski definition) is 4. The zero-order chi connectivity index (χ0) is 16.9. The summed E-state index contributed by atoms with van der Waals surface area (Å²) in [5.74, 6) is 0.315. The Kier molecular flexibility index (Phi) is 4.72. The molecule has 0 radical (unpaired) electrons. The molecule has 0 saturated heterocycles. The lowest BCUT2D eigenvalue weighted by atomic mass is 10.2. The average molecular weight is 340 g/mol. The van der Waals surface area contributed by atoms with Gasteiger partial charge in [-0.15, -0.1) is 0 Å². The molecule has 1 aromatic carbocycles. The lowest BCUT2D eigenvalue weighted by molar-refractivity contribution is 0.0944. The van der Waals surface area contributed by atoms with Crippen LogP contribution < -0.4 is 10.1 Å². The first kappa shape index (κ1) is 15.9. The number of nitrogens with one attached hydrogen (secondary N) is 2. The molecule has 0 saturated carbocycles. The molecule has 0 bridgehead atoms. The number of benzene rings is 1. The van der Waals surface area contributed by atoms with Crippen molar-refractivity contribution in [2.24, 2.45) is 0 Å². The van der Waals surface area contributed by atoms with Crippen molar-refractivity contribution in [1.29, 1.82) is 0 Å². The monoisotopic (exact) mass is 340 g/mol. The fourth-order valence-electron chi connectivity index (χ4n) is 2.28. The summed E-state index contributed by atoms with van der Waals surface area (Å²) in [7, 11) is 1.56. The number of aromatic amines is 1. The standard InChI is InChI=1S/C17H16N4O2S/c1-23-15-8-7-12(9-18-15)10-19-16(22)14-11-20-17(24)21(14)13-5-3-2-4-6-13/h2-9,11H,10H2,1H3,(H,19,22)(H,20,24). The Balaban J connectivity index is 1.77. The molecule has 0 aliphatic heterocycles. The molecule has 7 heteroatoms. The van der Waals surface area contributed by atoms with E-state index >= 15 is 0 Å². The van der Waals surface area contributed by atoms with Crippen molar-refractivity contribution in [1.82, 2.24) is 19.9 Å². The van der Waals surface area contributed by atoms with Crippen molar-refractivity contribution in [3.8, 4) is 11.6 Å². The Morgan fingerprint density at radius 1 is 1.29 bits per heavy atom. The van der Waals surface area contributed by atoms with E-state index in [1.165, 1.54) is 0 Å². The number of nitrogens with zero attached hydrogens (tertiary/aromatic N) is 2. The highest BCUT2D eigenvalue weighted by molar-refractivity contribution is 7.71. The van der Waals surface area contributed by atoms with Crippen LogP contribution in [0.2, 0.25) is 0 Å². The summed E-state index contributed by atoms with van der Waals surface area (Å²) in [4.78, 5) is 19.5. The number of aromatic nitrogens is 3. The van der Waals surface area contributed by atoms with Crippen LogP contribution in [-0.4, -0.2) is 27.6 Å². The minimum Gasteiger partial charge on any atom is -0.481 e. The summed E-state index contributed by atoms with van der Waals surface area (Å²) in [6.45, 7) is 0.364. The number of ether oxygens (including phenoxy) is 1. The number of amides is 1. The van der Waals surface area contributed by atoms with E-state index in [-0.39, 0.29) is 5.91 Å². The van der Waals surface area contributed by atoms with E-state index in [1.54, 1.807) is 30.1 Å². The Hall–Kier alpha value is -2.93. The maximum atomic E-state index is 12.5. The molecule has 0 aliphatic carbocycles. The van der Waals surface area contributed by atoms with Gasteiger partial charge in [-0.2, -0.15) is 0 Å². The molecule has 6 nitrogen and oxygen atoms in total. The van der Waals surface area contributed by atoms with Gasteiger partial charge in [-0.3, -0.25) is 9.36 Å². The van der Waals surface area contributed by atoms with Gasteiger partial charge in [-0.05, 0) is 29.9 Å². The maximum absolute atomic E-state index is 12.5. The molecule has 0 aliphatic rings. The number of hydrogen-bond donors (Lipinski definition) is 2. The van der Waals surface area contributed by atoms with Gasteiger partial charge in [0.05, 0.1) is 7.11 Å². The molecule has 122 valence electrons. The molecule has 0 unspecified atom stereocenters. The zero-order valence-electron chi connectivity index (χ0n) is 13.0. The van der Waals surface area contributed by atoms with Gasteiger partial charge in [0.25, 0.3) is 5.91 Å². The van der Waals surface area contributed by atoms with E-state index in [2.05, 4.69) is 15.3 Å². The Morgan fingerprint density at radius 3 is 2.75 bits per heavy atom. The van der Waals surface area contributed by atoms with Crippen molar-refractivity contribution in [2.75, 3.05) is 7.11 Å². The van der Waals surface area contributed by atoms with E-state index in [0.717, 1.165) is 11.3 Å². The molecule has 2 N–H and O–H groups in total. The van der Waals surface area contributed by atoms with Gasteiger partial charge in [0, 0.05) is 30.7 Å². The fourth-order valence-corrected chi connectivity index (χ4v) is 2.54. The lowest BCUT2D eigenvalue weighted by Gasteiger charge is -2.09. The Morgan fingerprint density at radius 2 is 2.08 bits per heavy atom. The third-order valence-electron chi connectivity index (χ3n) is 3.48. The molecular weight excluding hydrogens is 324 g/mol. The highest BCUT2D eigenvalue weighted by Gasteiger charge is 2.14. The molecule has 0 atom stereocenters. The topological polar surface area (TPSA) is 71.9 Å². The molecule has 3 rings (SSSR count). The van der Waals surface area contributed by atoms with Gasteiger partial charge in [0.2, 0.25) is 5.88 Å². The average Bonchev–Trinajstić information content (AvgIpc) is 3.02. The first-order valence-corrected chi connectivity index (χ1v) is 7.73. The second-order valence-corrected chi connectivity index (χ2v) is 5.43. The van der Waals surface area contributed by atoms with Gasteiger partial charge in [-0.25, -0.2) is 4.98 Å². The van der Waals surface area contributed by atoms with Crippen LogP contribution in [0.4, 0.5) is 0 Å². The largest absolute Gasteiger partial charge is 0.481 e. The summed E-state index contributed by atoms with van der Waals surface area (Å²) >= 11 is 5.28. The lowest BCUT2D eigenvalue weighted by Crippen LogP contribution is -2.25. The van der Waals surface area contributed by atoms with Crippen LogP contribution in [0.3, 0.4) is 0 Å². The summed E-state index contributed by atoms with van der Waals surface area (Å²) in [5, 5.41) is 2.87. The molecule has 1 amide bonds. The molecular formula is C17H16N4O2S. The number of H-pyrrole nitrogens is 1. The highest BCUT2D eigenvalue weighted by Crippen LogP contribution is 2.13. The number of rotatable bonds is 5. The summed E-state index contributed by atoms with van der Waals surface area (Å²) in [6.07, 6.45) is 3.27. The summed E-state index contributed by atoms with van der Waals surface area (Å²) in [6, 6.07) is 13.1. The van der Waals surface area contributed by atoms with Crippen LogP contribution in [-0.2, 0) is 6.54 Å². The predicted molar refractivity (Wildman–Crippen MR) is 92.9 cm³/mol. The van der Waals surface area contributed by atoms with Crippen LogP contribution in [0.5, 0.6) is 5.88 Å². The predicted octanol–water partition coefficient (Wildman–Crippen LogP) is 2.87. The van der Waals surface area contributed by atoms with Crippen LogP contribution >= 0.6 is 12.2 Å². The molecule has 0 spiro atoms. The Bertz CT molecular complexity index is 885. The van der Waals surface area contributed by atoms with Crippen molar-refractivity contribution < 1.29 is 9.53 Å². The molecule has 0 fully saturated rings. The molecule has 2 aromatic heterocycles. The van der Waals surface area contributed by atoms with E-state index in [4.69, 9.17) is 17.0 Å². The normalized spacial score (nSPS) is 10.4. The quantitative estimate of drug-likeness (QED) is 0.701. The number of pyridine rings is 1. The van der Waals surface area contributed by atoms with Crippen LogP contribution in [0.15, 0.2) is 54.9 Å². The molecule has 24 heavy (non-hydrogen) atoms. The van der Waals surface area contributed by atoms with E-state index in [0.29, 0.717) is 22.9 Å². The fraction of sp³-hybridized carbons (Fsp3) is 0.118. The van der Waals surface area contributed by atoms with Crippen LogP contribution in [0.1, 0.15) is 16.1 Å². The molecule has 2 heterocycles. The number of imidazole rings is 1. The SMILES string of the molecule is COc1ccc(CNC(=O)c2c[nH]c(=S)n2-c2ccccc2)cn1. The van der Waals surface area contributed by atoms with Crippen molar-refractivity contribution in [3.05, 3.63) is 70.9 Å².